The largest absolute Gasteiger partial charge is 0.421 e. The summed E-state index contributed by atoms with van der Waals surface area (Å²) in [7, 11) is 0. The lowest BCUT2D eigenvalue weighted by molar-refractivity contribution is -0.146. The van der Waals surface area contributed by atoms with Crippen LogP contribution in [-0.4, -0.2) is 11.8 Å². The maximum absolute atomic E-state index is 10.8. The van der Waals surface area contributed by atoms with Gasteiger partial charge in [0.15, 0.2) is 0 Å². The summed E-state index contributed by atoms with van der Waals surface area (Å²) in [4.78, 5) is 21.3. The number of esters is 1. The molecular formula is C9H7BrO3. The molecule has 1 rings (SSSR count). The van der Waals surface area contributed by atoms with E-state index in [-0.39, 0.29) is 0 Å². The van der Waals surface area contributed by atoms with Gasteiger partial charge in [0.2, 0.25) is 5.78 Å². The third-order valence-electron chi connectivity index (χ3n) is 1.31. The average Bonchev–Trinajstić information content (AvgIpc) is 2.08. The number of rotatable bonds is 2. The minimum Gasteiger partial charge on any atom is -0.421 e. The molecule has 3 nitrogen and oxygen atoms in total. The molecule has 0 aliphatic carbocycles. The molecule has 0 radical (unpaired) electrons. The molecule has 1 aromatic carbocycles. The van der Waals surface area contributed by atoms with Crippen LogP contribution in [0.2, 0.25) is 0 Å². The summed E-state index contributed by atoms with van der Waals surface area (Å²) in [6, 6.07) is 6.65. The van der Waals surface area contributed by atoms with Gasteiger partial charge in [-0.2, -0.15) is 0 Å². The quantitative estimate of drug-likeness (QED) is 0.453. The van der Waals surface area contributed by atoms with Crippen LogP contribution < -0.4 is 4.74 Å². The van der Waals surface area contributed by atoms with E-state index in [1.165, 1.54) is 6.92 Å². The highest BCUT2D eigenvalue weighted by atomic mass is 79.9. The van der Waals surface area contributed by atoms with Crippen LogP contribution in [0.3, 0.4) is 0 Å². The third kappa shape index (κ3) is 2.99. The van der Waals surface area contributed by atoms with E-state index >= 15 is 0 Å². The molecule has 0 aliphatic rings. The number of carbonyl (C=O) groups excluding carboxylic acids is 2. The van der Waals surface area contributed by atoms with Crippen molar-refractivity contribution in [2.24, 2.45) is 0 Å². The lowest BCUT2D eigenvalue weighted by Crippen LogP contribution is -2.16. The normalized spacial score (nSPS) is 9.38. The Balaban J connectivity index is 2.70. The first-order chi connectivity index (χ1) is 6.09. The van der Waals surface area contributed by atoms with Crippen LogP contribution in [0.1, 0.15) is 6.92 Å². The van der Waals surface area contributed by atoms with Crippen molar-refractivity contribution in [3.8, 4) is 5.75 Å². The van der Waals surface area contributed by atoms with Gasteiger partial charge in [0.25, 0.3) is 0 Å². The Morgan fingerprint density at radius 3 is 2.23 bits per heavy atom. The summed E-state index contributed by atoms with van der Waals surface area (Å²) >= 11 is 3.23. The van der Waals surface area contributed by atoms with E-state index in [9.17, 15) is 9.59 Å². The van der Waals surface area contributed by atoms with E-state index < -0.39 is 11.8 Å². The maximum Gasteiger partial charge on any atom is 0.379 e. The summed E-state index contributed by atoms with van der Waals surface area (Å²) in [5.41, 5.74) is 0. The second kappa shape index (κ2) is 4.18. The summed E-state index contributed by atoms with van der Waals surface area (Å²) in [6.07, 6.45) is 0. The lowest BCUT2D eigenvalue weighted by atomic mass is 10.3. The lowest BCUT2D eigenvalue weighted by Gasteiger charge is -2.00. The zero-order valence-corrected chi connectivity index (χ0v) is 8.50. The Kier molecular flexibility index (Phi) is 3.19. The van der Waals surface area contributed by atoms with Crippen molar-refractivity contribution in [2.75, 3.05) is 0 Å². The number of hydrogen-bond acceptors (Lipinski definition) is 3. The minimum atomic E-state index is -0.845. The van der Waals surface area contributed by atoms with Gasteiger partial charge >= 0.3 is 5.97 Å². The molecule has 0 bridgehead atoms. The van der Waals surface area contributed by atoms with E-state index in [4.69, 9.17) is 4.74 Å². The summed E-state index contributed by atoms with van der Waals surface area (Å²) in [5, 5.41) is 0. The predicted molar refractivity (Wildman–Crippen MR) is 50.5 cm³/mol. The highest BCUT2D eigenvalue weighted by Crippen LogP contribution is 2.16. The minimum absolute atomic E-state index is 0.364. The van der Waals surface area contributed by atoms with Crippen molar-refractivity contribution in [3.05, 3.63) is 28.7 Å². The Labute approximate surface area is 83.8 Å². The number of carbonyl (C=O) groups is 2. The second-order valence-corrected chi connectivity index (χ2v) is 3.32. The molecule has 0 fully saturated rings. The van der Waals surface area contributed by atoms with E-state index in [0.29, 0.717) is 5.75 Å². The fraction of sp³-hybridized carbons (Fsp3) is 0.111. The molecule has 0 spiro atoms. The van der Waals surface area contributed by atoms with Gasteiger partial charge in [0, 0.05) is 11.4 Å². The first-order valence-electron chi connectivity index (χ1n) is 3.58. The second-order valence-electron chi connectivity index (χ2n) is 2.40. The van der Waals surface area contributed by atoms with Crippen molar-refractivity contribution in [2.45, 2.75) is 6.92 Å². The van der Waals surface area contributed by atoms with Crippen LogP contribution >= 0.6 is 15.9 Å². The molecule has 4 heteroatoms. The van der Waals surface area contributed by atoms with Crippen LogP contribution in [0, 0.1) is 0 Å². The highest BCUT2D eigenvalue weighted by Gasteiger charge is 2.09. The van der Waals surface area contributed by atoms with Crippen LogP contribution in [0.15, 0.2) is 28.7 Å². The van der Waals surface area contributed by atoms with Crippen molar-refractivity contribution >= 4 is 27.7 Å². The number of halogens is 1. The molecule has 0 unspecified atom stereocenters. The van der Waals surface area contributed by atoms with E-state index in [1.807, 2.05) is 0 Å². The molecule has 68 valence electrons. The zero-order valence-electron chi connectivity index (χ0n) is 6.91. The SMILES string of the molecule is CC(=O)C(=O)Oc1ccc(Br)cc1. The fourth-order valence-electron chi connectivity index (χ4n) is 0.682. The van der Waals surface area contributed by atoms with E-state index in [0.717, 1.165) is 4.47 Å². The van der Waals surface area contributed by atoms with E-state index in [2.05, 4.69) is 15.9 Å². The summed E-state index contributed by atoms with van der Waals surface area (Å²) < 4.78 is 5.61. The molecular weight excluding hydrogens is 236 g/mol. The van der Waals surface area contributed by atoms with Crippen molar-refractivity contribution in [3.63, 3.8) is 0 Å². The molecule has 0 heterocycles. The zero-order chi connectivity index (χ0) is 9.84. The number of benzene rings is 1. The monoisotopic (exact) mass is 242 g/mol. The Morgan fingerprint density at radius 1 is 1.23 bits per heavy atom. The van der Waals surface area contributed by atoms with Gasteiger partial charge in [-0.3, -0.25) is 4.79 Å². The van der Waals surface area contributed by atoms with Crippen LogP contribution in [-0.2, 0) is 9.59 Å². The van der Waals surface area contributed by atoms with Gasteiger partial charge in [-0.1, -0.05) is 15.9 Å². The first kappa shape index (κ1) is 9.92. The van der Waals surface area contributed by atoms with Gasteiger partial charge < -0.3 is 4.74 Å². The molecule has 0 aliphatic heterocycles. The van der Waals surface area contributed by atoms with Crippen LogP contribution in [0.25, 0.3) is 0 Å². The smallest absolute Gasteiger partial charge is 0.379 e. The predicted octanol–water partition coefficient (Wildman–Crippen LogP) is 1.94. The number of ether oxygens (including phenoxy) is 1. The maximum atomic E-state index is 10.8. The van der Waals surface area contributed by atoms with Crippen molar-refractivity contribution in [1.29, 1.82) is 0 Å². The van der Waals surface area contributed by atoms with Gasteiger partial charge in [-0.15, -0.1) is 0 Å². The van der Waals surface area contributed by atoms with Gasteiger partial charge in [0.1, 0.15) is 5.75 Å². The number of ketones is 1. The topological polar surface area (TPSA) is 43.4 Å². The van der Waals surface area contributed by atoms with Gasteiger partial charge in [0.05, 0.1) is 0 Å². The molecule has 0 saturated carbocycles. The molecule has 1 aromatic rings. The molecule has 13 heavy (non-hydrogen) atoms. The molecule has 0 aromatic heterocycles. The van der Waals surface area contributed by atoms with Crippen molar-refractivity contribution in [1.82, 2.24) is 0 Å². The van der Waals surface area contributed by atoms with Gasteiger partial charge in [-0.05, 0) is 24.3 Å². The highest BCUT2D eigenvalue weighted by molar-refractivity contribution is 9.10. The Hall–Kier alpha value is -1.16. The molecule has 0 atom stereocenters. The van der Waals surface area contributed by atoms with Crippen LogP contribution in [0.5, 0.6) is 5.75 Å². The first-order valence-corrected chi connectivity index (χ1v) is 4.37. The Bertz CT molecular complexity index is 329. The third-order valence-corrected chi connectivity index (χ3v) is 1.84. The molecule has 0 N–H and O–H groups in total. The Morgan fingerprint density at radius 2 is 1.77 bits per heavy atom. The molecule has 0 saturated heterocycles. The van der Waals surface area contributed by atoms with E-state index in [1.54, 1.807) is 24.3 Å². The average molecular weight is 243 g/mol. The standard InChI is InChI=1S/C9H7BrO3/c1-6(11)9(12)13-8-4-2-7(10)3-5-8/h2-5H,1H3. The van der Waals surface area contributed by atoms with Gasteiger partial charge in [-0.25, -0.2) is 4.79 Å². The number of Topliss-reactive ketones (excluding diaryl/α,β-unsaturated/α-hetero) is 1. The molecule has 0 amide bonds. The fourth-order valence-corrected chi connectivity index (χ4v) is 0.946. The summed E-state index contributed by atoms with van der Waals surface area (Å²) in [5.74, 6) is -1.09. The van der Waals surface area contributed by atoms with Crippen LogP contribution in [0.4, 0.5) is 0 Å². The summed E-state index contributed by atoms with van der Waals surface area (Å²) in [6.45, 7) is 1.17. The van der Waals surface area contributed by atoms with Crippen molar-refractivity contribution < 1.29 is 14.3 Å². The number of hydrogen-bond donors (Lipinski definition) is 0.